The molecule has 0 saturated carbocycles. The quantitative estimate of drug-likeness (QED) is 0.589. The number of ketones is 1. The zero-order valence-corrected chi connectivity index (χ0v) is 9.64. The van der Waals surface area contributed by atoms with Crippen LogP contribution in [0.1, 0.15) is 37.3 Å². The molecule has 0 spiro atoms. The molecule has 0 radical (unpaired) electrons. The van der Waals surface area contributed by atoms with E-state index in [1.807, 2.05) is 13.0 Å². The molecule has 1 rings (SSSR count). The zero-order chi connectivity index (χ0) is 13.0. The van der Waals surface area contributed by atoms with Crippen LogP contribution in [0.2, 0.25) is 0 Å². The maximum atomic E-state index is 11.4. The van der Waals surface area contributed by atoms with Gasteiger partial charge in [-0.25, -0.2) is 0 Å². The monoisotopic (exact) mass is 232 g/mol. The highest BCUT2D eigenvalue weighted by Crippen LogP contribution is 2.27. The van der Waals surface area contributed by atoms with Crippen LogP contribution in [-0.4, -0.2) is 10.7 Å². The van der Waals surface area contributed by atoms with Crippen molar-refractivity contribution >= 4 is 11.5 Å². The second-order valence-electron chi connectivity index (χ2n) is 3.71. The second-order valence-corrected chi connectivity index (χ2v) is 3.71. The van der Waals surface area contributed by atoms with Gasteiger partial charge in [0.2, 0.25) is 0 Å². The predicted molar refractivity (Wildman–Crippen MR) is 61.5 cm³/mol. The van der Waals surface area contributed by atoms with E-state index in [-0.39, 0.29) is 23.0 Å². The van der Waals surface area contributed by atoms with Gasteiger partial charge >= 0.3 is 0 Å². The fourth-order valence-corrected chi connectivity index (χ4v) is 1.78. The Morgan fingerprint density at radius 1 is 1.59 bits per heavy atom. The summed E-state index contributed by atoms with van der Waals surface area (Å²) in [7, 11) is 0. The molecule has 17 heavy (non-hydrogen) atoms. The van der Waals surface area contributed by atoms with Gasteiger partial charge in [0.05, 0.1) is 16.6 Å². The van der Waals surface area contributed by atoms with Crippen LogP contribution in [0.25, 0.3) is 0 Å². The van der Waals surface area contributed by atoms with Crippen molar-refractivity contribution < 1.29 is 9.72 Å². The number of nitrogens with zero attached hydrogens (tertiary/aromatic N) is 2. The number of hydrogen-bond acceptors (Lipinski definition) is 4. The van der Waals surface area contributed by atoms with Gasteiger partial charge in [-0.3, -0.25) is 14.9 Å². The number of nitro benzene ring substituents is 1. The molecule has 1 aromatic carbocycles. The van der Waals surface area contributed by atoms with Crippen molar-refractivity contribution in [3.05, 3.63) is 39.4 Å². The first-order chi connectivity index (χ1) is 8.01. The Kier molecular flexibility index (Phi) is 3.94. The average molecular weight is 232 g/mol. The van der Waals surface area contributed by atoms with Crippen LogP contribution >= 0.6 is 0 Å². The first-order valence-corrected chi connectivity index (χ1v) is 5.20. The molecule has 0 N–H and O–H groups in total. The summed E-state index contributed by atoms with van der Waals surface area (Å²) in [6, 6.07) is 5.93. The average Bonchev–Trinajstić information content (AvgIpc) is 2.29. The topological polar surface area (TPSA) is 84.0 Å². The van der Waals surface area contributed by atoms with Gasteiger partial charge < -0.3 is 0 Å². The Balaban J connectivity index is 3.31. The normalized spacial score (nSPS) is 11.6. The van der Waals surface area contributed by atoms with Crippen molar-refractivity contribution in [1.29, 1.82) is 5.26 Å². The van der Waals surface area contributed by atoms with Crippen LogP contribution < -0.4 is 0 Å². The van der Waals surface area contributed by atoms with Crippen molar-refractivity contribution in [1.82, 2.24) is 0 Å². The molecule has 0 saturated heterocycles. The third kappa shape index (κ3) is 2.67. The van der Waals surface area contributed by atoms with Crippen molar-refractivity contribution in [2.75, 3.05) is 0 Å². The molecule has 1 atom stereocenters. The number of Topliss-reactive ketones (excluding diaryl/α,β-unsaturated/α-hetero) is 1. The summed E-state index contributed by atoms with van der Waals surface area (Å²) in [6.45, 7) is 3.30. The Bertz CT molecular complexity index is 503. The fraction of sp³-hybridized carbons (Fsp3) is 0.333. The maximum Gasteiger partial charge on any atom is 0.270 e. The lowest BCUT2D eigenvalue weighted by atomic mass is 9.89. The summed E-state index contributed by atoms with van der Waals surface area (Å²) in [6.07, 6.45) is 0.571. The Morgan fingerprint density at radius 2 is 2.24 bits per heavy atom. The highest BCUT2D eigenvalue weighted by atomic mass is 16.6. The molecule has 5 heteroatoms. The molecular formula is C12H12N2O3. The van der Waals surface area contributed by atoms with Gasteiger partial charge in [0.1, 0.15) is 5.78 Å². The molecule has 0 heterocycles. The molecule has 0 aliphatic carbocycles. The number of benzene rings is 1. The number of nitriles is 1. The van der Waals surface area contributed by atoms with Gasteiger partial charge in [-0.1, -0.05) is 13.0 Å². The van der Waals surface area contributed by atoms with E-state index in [9.17, 15) is 14.9 Å². The van der Waals surface area contributed by atoms with Gasteiger partial charge in [-0.05, 0) is 18.9 Å². The molecule has 5 nitrogen and oxygen atoms in total. The number of carbonyl (C=O) groups is 1. The summed E-state index contributed by atoms with van der Waals surface area (Å²) < 4.78 is 0. The minimum atomic E-state index is -0.556. The standard InChI is InChI=1S/C12H12N2O3/c1-3-11(8(2)15)12-5-4-10(14(16)17)6-9(12)7-13/h4-6,11H,3H2,1-2H3. The minimum absolute atomic E-state index is 0.0437. The number of nitro groups is 1. The molecule has 1 unspecified atom stereocenters. The fourth-order valence-electron chi connectivity index (χ4n) is 1.78. The lowest BCUT2D eigenvalue weighted by Gasteiger charge is -2.12. The van der Waals surface area contributed by atoms with Crippen LogP contribution in [-0.2, 0) is 4.79 Å². The van der Waals surface area contributed by atoms with Gasteiger partial charge in [0.25, 0.3) is 5.69 Å². The second kappa shape index (κ2) is 5.21. The van der Waals surface area contributed by atoms with E-state index in [1.54, 1.807) is 0 Å². The van der Waals surface area contributed by atoms with Crippen molar-refractivity contribution in [2.24, 2.45) is 0 Å². The summed E-state index contributed by atoms with van der Waals surface area (Å²) in [5.74, 6) is -0.414. The number of hydrogen-bond donors (Lipinski definition) is 0. The van der Waals surface area contributed by atoms with Crippen LogP contribution in [0, 0.1) is 21.4 Å². The van der Waals surface area contributed by atoms with E-state index < -0.39 is 4.92 Å². The van der Waals surface area contributed by atoms with E-state index in [1.165, 1.54) is 25.1 Å². The third-order valence-corrected chi connectivity index (χ3v) is 2.64. The summed E-state index contributed by atoms with van der Waals surface area (Å²) in [4.78, 5) is 21.4. The molecule has 88 valence electrons. The Morgan fingerprint density at radius 3 is 2.65 bits per heavy atom. The lowest BCUT2D eigenvalue weighted by Crippen LogP contribution is -2.09. The highest BCUT2D eigenvalue weighted by Gasteiger charge is 2.20. The third-order valence-electron chi connectivity index (χ3n) is 2.64. The van der Waals surface area contributed by atoms with E-state index in [0.717, 1.165) is 0 Å². The molecule has 0 aliphatic heterocycles. The summed E-state index contributed by atoms with van der Waals surface area (Å²) in [5, 5.41) is 19.5. The van der Waals surface area contributed by atoms with Crippen LogP contribution in [0.15, 0.2) is 18.2 Å². The van der Waals surface area contributed by atoms with Crippen LogP contribution in [0.3, 0.4) is 0 Å². The molecule has 0 bridgehead atoms. The van der Waals surface area contributed by atoms with Gasteiger partial charge in [-0.2, -0.15) is 5.26 Å². The molecular weight excluding hydrogens is 220 g/mol. The molecule has 1 aromatic rings. The Labute approximate surface area is 98.8 Å². The van der Waals surface area contributed by atoms with E-state index >= 15 is 0 Å². The highest BCUT2D eigenvalue weighted by molar-refractivity contribution is 5.84. The molecule has 0 aromatic heterocycles. The first-order valence-electron chi connectivity index (χ1n) is 5.20. The van der Waals surface area contributed by atoms with Gasteiger partial charge in [0.15, 0.2) is 0 Å². The number of carbonyl (C=O) groups excluding carboxylic acids is 1. The smallest absolute Gasteiger partial charge is 0.270 e. The SMILES string of the molecule is CCC(C(C)=O)c1ccc([N+](=O)[O-])cc1C#N. The van der Waals surface area contributed by atoms with Crippen molar-refractivity contribution in [3.8, 4) is 6.07 Å². The van der Waals surface area contributed by atoms with E-state index in [0.29, 0.717) is 12.0 Å². The van der Waals surface area contributed by atoms with Crippen molar-refractivity contribution in [3.63, 3.8) is 0 Å². The minimum Gasteiger partial charge on any atom is -0.299 e. The Hall–Kier alpha value is -2.22. The first kappa shape index (κ1) is 12.8. The van der Waals surface area contributed by atoms with E-state index in [2.05, 4.69) is 0 Å². The largest absolute Gasteiger partial charge is 0.299 e. The number of non-ortho nitro benzene ring substituents is 1. The lowest BCUT2D eigenvalue weighted by molar-refractivity contribution is -0.384. The summed E-state index contributed by atoms with van der Waals surface area (Å²) >= 11 is 0. The molecule has 0 amide bonds. The predicted octanol–water partition coefficient (Wildman–Crippen LogP) is 2.55. The van der Waals surface area contributed by atoms with Crippen LogP contribution in [0.4, 0.5) is 5.69 Å². The van der Waals surface area contributed by atoms with Gasteiger partial charge in [0, 0.05) is 18.1 Å². The molecule has 0 aliphatic rings. The van der Waals surface area contributed by atoms with Crippen LogP contribution in [0.5, 0.6) is 0 Å². The number of rotatable bonds is 4. The summed E-state index contributed by atoms with van der Waals surface area (Å²) in [5.41, 5.74) is 0.623. The van der Waals surface area contributed by atoms with Crippen molar-refractivity contribution in [2.45, 2.75) is 26.2 Å². The zero-order valence-electron chi connectivity index (χ0n) is 9.64. The maximum absolute atomic E-state index is 11.4. The molecule has 0 fully saturated rings. The van der Waals surface area contributed by atoms with E-state index in [4.69, 9.17) is 5.26 Å². The van der Waals surface area contributed by atoms with Gasteiger partial charge in [-0.15, -0.1) is 0 Å².